The summed E-state index contributed by atoms with van der Waals surface area (Å²) in [6.45, 7) is 2.09. The van der Waals surface area contributed by atoms with Crippen molar-refractivity contribution in [3.05, 3.63) is 59.1 Å². The number of amides is 1. The molecule has 132 valence electrons. The van der Waals surface area contributed by atoms with E-state index in [1.54, 1.807) is 36.4 Å². The van der Waals surface area contributed by atoms with Crippen LogP contribution in [0.25, 0.3) is 0 Å². The van der Waals surface area contributed by atoms with Crippen molar-refractivity contribution in [3.8, 4) is 0 Å². The lowest BCUT2D eigenvalue weighted by molar-refractivity contribution is 0.143. The third-order valence-corrected chi connectivity index (χ3v) is 5.49. The molecule has 1 amide bonds. The van der Waals surface area contributed by atoms with Gasteiger partial charge in [0, 0.05) is 17.3 Å². The minimum absolute atomic E-state index is 0.00606. The summed E-state index contributed by atoms with van der Waals surface area (Å²) in [5, 5.41) is 0.568. The Balaban J connectivity index is 1.65. The van der Waals surface area contributed by atoms with Crippen LogP contribution in [-0.4, -0.2) is 33.7 Å². The number of sulfonamides is 1. The van der Waals surface area contributed by atoms with E-state index in [4.69, 9.17) is 16.3 Å². The van der Waals surface area contributed by atoms with E-state index in [1.165, 1.54) is 11.0 Å². The summed E-state index contributed by atoms with van der Waals surface area (Å²) in [5.74, 6) is 0. The second-order valence-corrected chi connectivity index (χ2v) is 7.96. The van der Waals surface area contributed by atoms with E-state index in [-0.39, 0.29) is 18.0 Å². The molecule has 1 aliphatic heterocycles. The third-order valence-electron chi connectivity index (χ3n) is 3.81. The number of carbonyl (C=O) groups is 1. The molecule has 25 heavy (non-hydrogen) atoms. The SMILES string of the molecule is Cc1cccc(S(=O)(=O)NCC2CN(c3ccc(Cl)cc3)C(=O)O2)c1. The van der Waals surface area contributed by atoms with Gasteiger partial charge in [0.2, 0.25) is 10.0 Å². The maximum Gasteiger partial charge on any atom is 0.414 e. The van der Waals surface area contributed by atoms with E-state index in [1.807, 2.05) is 13.0 Å². The zero-order chi connectivity index (χ0) is 18.0. The number of halogens is 1. The van der Waals surface area contributed by atoms with Gasteiger partial charge in [-0.25, -0.2) is 17.9 Å². The lowest BCUT2D eigenvalue weighted by Crippen LogP contribution is -2.34. The second kappa shape index (κ2) is 7.03. The number of hydrogen-bond acceptors (Lipinski definition) is 4. The molecule has 6 nitrogen and oxygen atoms in total. The smallest absolute Gasteiger partial charge is 0.414 e. The largest absolute Gasteiger partial charge is 0.443 e. The lowest BCUT2D eigenvalue weighted by atomic mass is 10.2. The van der Waals surface area contributed by atoms with Gasteiger partial charge in [-0.05, 0) is 48.9 Å². The van der Waals surface area contributed by atoms with Gasteiger partial charge in [0.25, 0.3) is 0 Å². The maximum atomic E-state index is 12.3. The van der Waals surface area contributed by atoms with Gasteiger partial charge < -0.3 is 4.74 Å². The molecule has 2 aromatic rings. The van der Waals surface area contributed by atoms with E-state index >= 15 is 0 Å². The normalized spacial score (nSPS) is 17.6. The molecular weight excluding hydrogens is 364 g/mol. The van der Waals surface area contributed by atoms with Crippen LogP contribution in [0.2, 0.25) is 5.02 Å². The molecule has 1 heterocycles. The standard InChI is InChI=1S/C17H17ClN2O4S/c1-12-3-2-4-16(9-12)25(22,23)19-10-15-11-20(17(21)24-15)14-7-5-13(18)6-8-14/h2-9,15,19H,10-11H2,1H3. The lowest BCUT2D eigenvalue weighted by Gasteiger charge is -2.13. The van der Waals surface area contributed by atoms with Gasteiger partial charge >= 0.3 is 6.09 Å². The number of cyclic esters (lactones) is 1. The average Bonchev–Trinajstić information content (AvgIpc) is 2.95. The topological polar surface area (TPSA) is 75.7 Å². The van der Waals surface area contributed by atoms with Gasteiger partial charge in [-0.2, -0.15) is 0 Å². The zero-order valence-electron chi connectivity index (χ0n) is 13.5. The maximum absolute atomic E-state index is 12.3. The first kappa shape index (κ1) is 17.7. The number of nitrogens with zero attached hydrogens (tertiary/aromatic N) is 1. The highest BCUT2D eigenvalue weighted by molar-refractivity contribution is 7.89. The number of nitrogens with one attached hydrogen (secondary N) is 1. The Bertz CT molecular complexity index is 884. The quantitative estimate of drug-likeness (QED) is 0.865. The van der Waals surface area contributed by atoms with Crippen molar-refractivity contribution in [2.24, 2.45) is 0 Å². The highest BCUT2D eigenvalue weighted by Crippen LogP contribution is 2.23. The van der Waals surface area contributed by atoms with Crippen LogP contribution in [-0.2, 0) is 14.8 Å². The van der Waals surface area contributed by atoms with Crippen LogP contribution >= 0.6 is 11.6 Å². The minimum Gasteiger partial charge on any atom is -0.443 e. The van der Waals surface area contributed by atoms with Gasteiger partial charge in [0.05, 0.1) is 11.4 Å². The van der Waals surface area contributed by atoms with Gasteiger partial charge in [0.15, 0.2) is 0 Å². The zero-order valence-corrected chi connectivity index (χ0v) is 15.0. The Morgan fingerprint density at radius 3 is 2.64 bits per heavy atom. The Kier molecular flexibility index (Phi) is 4.99. The number of aryl methyl sites for hydroxylation is 1. The molecule has 8 heteroatoms. The Hall–Kier alpha value is -2.09. The molecule has 0 saturated carbocycles. The van der Waals surface area contributed by atoms with Crippen molar-refractivity contribution in [1.82, 2.24) is 4.72 Å². The Morgan fingerprint density at radius 2 is 1.96 bits per heavy atom. The molecule has 1 aliphatic rings. The first-order valence-corrected chi connectivity index (χ1v) is 9.51. The Labute approximate surface area is 151 Å². The summed E-state index contributed by atoms with van der Waals surface area (Å²) in [7, 11) is -3.65. The number of carbonyl (C=O) groups excluding carboxylic acids is 1. The van der Waals surface area contributed by atoms with Crippen LogP contribution in [0, 0.1) is 6.92 Å². The van der Waals surface area contributed by atoms with Crippen molar-refractivity contribution in [2.45, 2.75) is 17.9 Å². The second-order valence-electron chi connectivity index (χ2n) is 5.76. The molecule has 0 aliphatic carbocycles. The third kappa shape index (κ3) is 4.12. The number of benzene rings is 2. The highest BCUT2D eigenvalue weighted by Gasteiger charge is 2.33. The predicted molar refractivity (Wildman–Crippen MR) is 95.4 cm³/mol. The molecule has 1 saturated heterocycles. The van der Waals surface area contributed by atoms with E-state index in [0.29, 0.717) is 10.7 Å². The molecule has 0 spiro atoms. The number of hydrogen-bond donors (Lipinski definition) is 1. The van der Waals surface area contributed by atoms with Gasteiger partial charge in [-0.1, -0.05) is 23.7 Å². The first-order chi connectivity index (χ1) is 11.8. The fourth-order valence-electron chi connectivity index (χ4n) is 2.53. The summed E-state index contributed by atoms with van der Waals surface area (Å²) in [6, 6.07) is 13.4. The van der Waals surface area contributed by atoms with Gasteiger partial charge in [-0.15, -0.1) is 0 Å². The molecule has 3 rings (SSSR count). The summed E-state index contributed by atoms with van der Waals surface area (Å²) in [6.07, 6.45) is -1.08. The van der Waals surface area contributed by atoms with E-state index < -0.39 is 22.2 Å². The molecule has 0 radical (unpaired) electrons. The molecule has 1 unspecified atom stereocenters. The van der Waals surface area contributed by atoms with Crippen molar-refractivity contribution in [3.63, 3.8) is 0 Å². The molecule has 1 fully saturated rings. The summed E-state index contributed by atoms with van der Waals surface area (Å²) in [5.41, 5.74) is 1.50. The van der Waals surface area contributed by atoms with Gasteiger partial charge in [-0.3, -0.25) is 4.90 Å². The number of ether oxygens (including phenoxy) is 1. The van der Waals surface area contributed by atoms with Crippen LogP contribution in [0.15, 0.2) is 53.4 Å². The highest BCUT2D eigenvalue weighted by atomic mass is 35.5. The van der Waals surface area contributed by atoms with Crippen LogP contribution < -0.4 is 9.62 Å². The molecule has 0 bridgehead atoms. The number of anilines is 1. The number of rotatable bonds is 5. The van der Waals surface area contributed by atoms with Crippen molar-refractivity contribution < 1.29 is 17.9 Å². The first-order valence-electron chi connectivity index (χ1n) is 7.65. The molecule has 1 N–H and O–H groups in total. The monoisotopic (exact) mass is 380 g/mol. The van der Waals surface area contributed by atoms with E-state index in [9.17, 15) is 13.2 Å². The van der Waals surface area contributed by atoms with Crippen molar-refractivity contribution in [2.75, 3.05) is 18.0 Å². The Morgan fingerprint density at radius 1 is 1.24 bits per heavy atom. The van der Waals surface area contributed by atoms with Gasteiger partial charge in [0.1, 0.15) is 6.10 Å². The molecule has 2 aromatic carbocycles. The molecule has 0 aromatic heterocycles. The summed E-state index contributed by atoms with van der Waals surface area (Å²) in [4.78, 5) is 13.6. The molecular formula is C17H17ClN2O4S. The van der Waals surface area contributed by atoms with Crippen molar-refractivity contribution >= 4 is 33.4 Å². The van der Waals surface area contributed by atoms with E-state index in [2.05, 4.69) is 4.72 Å². The van der Waals surface area contributed by atoms with Crippen LogP contribution in [0.5, 0.6) is 0 Å². The predicted octanol–water partition coefficient (Wildman–Crippen LogP) is 2.95. The average molecular weight is 381 g/mol. The summed E-state index contributed by atoms with van der Waals surface area (Å²) >= 11 is 5.84. The summed E-state index contributed by atoms with van der Waals surface area (Å²) < 4.78 is 32.4. The van der Waals surface area contributed by atoms with Crippen LogP contribution in [0.4, 0.5) is 10.5 Å². The molecule has 1 atom stereocenters. The fraction of sp³-hybridized carbons (Fsp3) is 0.235. The van der Waals surface area contributed by atoms with Crippen molar-refractivity contribution in [1.29, 1.82) is 0 Å². The van der Waals surface area contributed by atoms with E-state index in [0.717, 1.165) is 5.56 Å². The van der Waals surface area contributed by atoms with Crippen LogP contribution in [0.3, 0.4) is 0 Å². The van der Waals surface area contributed by atoms with Crippen LogP contribution in [0.1, 0.15) is 5.56 Å². The fourth-order valence-corrected chi connectivity index (χ4v) is 3.82. The minimum atomic E-state index is -3.65.